The Kier molecular flexibility index (Phi) is 3.90. The van der Waals surface area contributed by atoms with E-state index in [0.717, 1.165) is 6.42 Å². The first-order valence-electron chi connectivity index (χ1n) is 6.75. The van der Waals surface area contributed by atoms with Crippen LogP contribution in [-0.2, 0) is 6.42 Å². The summed E-state index contributed by atoms with van der Waals surface area (Å²) in [5.74, 6) is -2.63. The molecule has 1 N–H and O–H groups in total. The van der Waals surface area contributed by atoms with Crippen molar-refractivity contribution in [1.82, 2.24) is 5.32 Å². The van der Waals surface area contributed by atoms with Crippen LogP contribution in [0.25, 0.3) is 0 Å². The predicted molar refractivity (Wildman–Crippen MR) is 69.5 cm³/mol. The van der Waals surface area contributed by atoms with E-state index in [1.807, 2.05) is 6.92 Å². The van der Waals surface area contributed by atoms with E-state index in [-0.39, 0.29) is 17.0 Å². The van der Waals surface area contributed by atoms with Crippen LogP contribution < -0.4 is 5.32 Å². The van der Waals surface area contributed by atoms with Crippen LogP contribution in [0, 0.1) is 22.9 Å². The molecule has 1 aromatic carbocycles. The zero-order chi connectivity index (χ0) is 14.2. The highest BCUT2D eigenvalue weighted by molar-refractivity contribution is 5.35. The monoisotopic (exact) mass is 271 g/mol. The second-order valence-corrected chi connectivity index (χ2v) is 6.03. The van der Waals surface area contributed by atoms with Gasteiger partial charge in [0, 0.05) is 17.7 Å². The van der Waals surface area contributed by atoms with Crippen molar-refractivity contribution in [3.05, 3.63) is 34.6 Å². The number of fused-ring (bicyclic) bond motifs is 1. The SMILES string of the molecule is CCNC1CC(C)(C)CCc2c(F)cc(F)c(F)c21. The molecule has 0 saturated carbocycles. The highest BCUT2D eigenvalue weighted by Gasteiger charge is 2.33. The molecule has 0 saturated heterocycles. The fourth-order valence-electron chi connectivity index (χ4n) is 2.91. The maximum Gasteiger partial charge on any atom is 0.164 e. The van der Waals surface area contributed by atoms with Crippen molar-refractivity contribution in [3.8, 4) is 0 Å². The Bertz CT molecular complexity index is 483. The molecule has 1 unspecified atom stereocenters. The van der Waals surface area contributed by atoms with Gasteiger partial charge in [0.1, 0.15) is 5.82 Å². The van der Waals surface area contributed by atoms with Gasteiger partial charge in [0.25, 0.3) is 0 Å². The Morgan fingerprint density at radius 2 is 1.95 bits per heavy atom. The van der Waals surface area contributed by atoms with Crippen molar-refractivity contribution in [1.29, 1.82) is 0 Å². The molecule has 0 radical (unpaired) electrons. The summed E-state index contributed by atoms with van der Waals surface area (Å²) >= 11 is 0. The Labute approximate surface area is 112 Å². The number of hydrogen-bond donors (Lipinski definition) is 1. The molecule has 0 heterocycles. The van der Waals surface area contributed by atoms with Gasteiger partial charge in [0.2, 0.25) is 0 Å². The Morgan fingerprint density at radius 3 is 2.58 bits per heavy atom. The lowest BCUT2D eigenvalue weighted by Gasteiger charge is -2.27. The maximum atomic E-state index is 14.1. The molecule has 1 aliphatic carbocycles. The highest BCUT2D eigenvalue weighted by atomic mass is 19.2. The van der Waals surface area contributed by atoms with Gasteiger partial charge in [-0.1, -0.05) is 20.8 Å². The fourth-order valence-corrected chi connectivity index (χ4v) is 2.91. The van der Waals surface area contributed by atoms with Crippen molar-refractivity contribution >= 4 is 0 Å². The molecule has 106 valence electrons. The van der Waals surface area contributed by atoms with Crippen LogP contribution in [0.1, 0.15) is 50.8 Å². The quantitative estimate of drug-likeness (QED) is 0.630. The first-order valence-corrected chi connectivity index (χ1v) is 6.75. The van der Waals surface area contributed by atoms with Crippen LogP contribution >= 0.6 is 0 Å². The molecule has 2 rings (SSSR count). The van der Waals surface area contributed by atoms with E-state index in [0.29, 0.717) is 31.0 Å². The summed E-state index contributed by atoms with van der Waals surface area (Å²) in [6.07, 6.45) is 1.89. The second kappa shape index (κ2) is 5.16. The summed E-state index contributed by atoms with van der Waals surface area (Å²) in [6.45, 7) is 6.70. The van der Waals surface area contributed by atoms with E-state index in [1.54, 1.807) is 0 Å². The molecule has 0 aliphatic heterocycles. The summed E-state index contributed by atoms with van der Waals surface area (Å²) in [6, 6.07) is 0.331. The summed E-state index contributed by atoms with van der Waals surface area (Å²) in [5, 5.41) is 3.16. The average Bonchev–Trinajstić information content (AvgIpc) is 2.43. The predicted octanol–water partition coefficient (Wildman–Crippen LogP) is 4.12. The lowest BCUT2D eigenvalue weighted by atomic mass is 9.83. The van der Waals surface area contributed by atoms with Crippen molar-refractivity contribution < 1.29 is 13.2 Å². The first kappa shape index (κ1) is 14.4. The number of nitrogens with one attached hydrogen (secondary N) is 1. The summed E-state index contributed by atoms with van der Waals surface area (Å²) in [5.41, 5.74) is 0.488. The van der Waals surface area contributed by atoms with Crippen molar-refractivity contribution in [2.75, 3.05) is 6.54 Å². The van der Waals surface area contributed by atoms with Gasteiger partial charge in [0.05, 0.1) is 0 Å². The largest absolute Gasteiger partial charge is 0.310 e. The van der Waals surface area contributed by atoms with Crippen LogP contribution in [0.4, 0.5) is 13.2 Å². The summed E-state index contributed by atoms with van der Waals surface area (Å²) < 4.78 is 41.5. The van der Waals surface area contributed by atoms with Crippen molar-refractivity contribution in [3.63, 3.8) is 0 Å². The molecule has 1 aliphatic rings. The Hall–Kier alpha value is -1.03. The minimum Gasteiger partial charge on any atom is -0.310 e. The molecule has 4 heteroatoms. The van der Waals surface area contributed by atoms with Crippen LogP contribution in [0.2, 0.25) is 0 Å². The lowest BCUT2D eigenvalue weighted by molar-refractivity contribution is 0.272. The van der Waals surface area contributed by atoms with Gasteiger partial charge >= 0.3 is 0 Å². The van der Waals surface area contributed by atoms with Gasteiger partial charge in [0.15, 0.2) is 11.6 Å². The van der Waals surface area contributed by atoms with E-state index >= 15 is 0 Å². The molecule has 0 amide bonds. The second-order valence-electron chi connectivity index (χ2n) is 6.03. The average molecular weight is 271 g/mol. The Balaban J connectivity index is 2.57. The fraction of sp³-hybridized carbons (Fsp3) is 0.600. The van der Waals surface area contributed by atoms with Gasteiger partial charge in [-0.25, -0.2) is 13.2 Å². The minimum absolute atomic E-state index is 0.0266. The van der Waals surface area contributed by atoms with E-state index in [9.17, 15) is 13.2 Å². The minimum atomic E-state index is -1.10. The molecule has 0 fully saturated rings. The Morgan fingerprint density at radius 1 is 1.26 bits per heavy atom. The maximum absolute atomic E-state index is 14.1. The standard InChI is InChI=1S/C15H20F3N/c1-4-19-12-8-15(2,3)6-5-9-10(16)7-11(17)14(18)13(9)12/h7,12,19H,4-6,8H2,1-3H3. The molecule has 19 heavy (non-hydrogen) atoms. The van der Waals surface area contributed by atoms with Crippen LogP contribution in [0.3, 0.4) is 0 Å². The molecule has 0 spiro atoms. The zero-order valence-electron chi connectivity index (χ0n) is 11.6. The van der Waals surface area contributed by atoms with Gasteiger partial charge in [-0.15, -0.1) is 0 Å². The normalized spacial score (nSPS) is 21.9. The van der Waals surface area contributed by atoms with Gasteiger partial charge < -0.3 is 5.32 Å². The number of halogens is 3. The molecule has 1 aromatic rings. The summed E-state index contributed by atoms with van der Waals surface area (Å²) in [7, 11) is 0. The van der Waals surface area contributed by atoms with Crippen LogP contribution in [-0.4, -0.2) is 6.54 Å². The third-order valence-corrected chi connectivity index (χ3v) is 3.92. The third kappa shape index (κ3) is 2.78. The molecule has 0 bridgehead atoms. The van der Waals surface area contributed by atoms with E-state index in [4.69, 9.17) is 0 Å². The van der Waals surface area contributed by atoms with Crippen molar-refractivity contribution in [2.24, 2.45) is 5.41 Å². The number of benzene rings is 1. The molecular weight excluding hydrogens is 251 g/mol. The van der Waals surface area contributed by atoms with Gasteiger partial charge in [-0.2, -0.15) is 0 Å². The van der Waals surface area contributed by atoms with E-state index < -0.39 is 17.5 Å². The molecule has 0 aromatic heterocycles. The van der Waals surface area contributed by atoms with Gasteiger partial charge in [-0.3, -0.25) is 0 Å². The lowest BCUT2D eigenvalue weighted by Crippen LogP contribution is -2.26. The number of hydrogen-bond acceptors (Lipinski definition) is 1. The molecule has 1 atom stereocenters. The van der Waals surface area contributed by atoms with Crippen molar-refractivity contribution in [2.45, 2.75) is 46.1 Å². The first-order chi connectivity index (χ1) is 8.85. The summed E-state index contributed by atoms with van der Waals surface area (Å²) in [4.78, 5) is 0. The third-order valence-electron chi connectivity index (χ3n) is 3.92. The number of rotatable bonds is 2. The topological polar surface area (TPSA) is 12.0 Å². The van der Waals surface area contributed by atoms with Crippen LogP contribution in [0.15, 0.2) is 6.07 Å². The molecule has 1 nitrogen and oxygen atoms in total. The molecular formula is C15H20F3N. The van der Waals surface area contributed by atoms with Crippen LogP contribution in [0.5, 0.6) is 0 Å². The van der Waals surface area contributed by atoms with Gasteiger partial charge in [-0.05, 0) is 36.8 Å². The zero-order valence-corrected chi connectivity index (χ0v) is 11.6. The highest BCUT2D eigenvalue weighted by Crippen LogP contribution is 2.41. The van der Waals surface area contributed by atoms with E-state index in [1.165, 1.54) is 0 Å². The smallest absolute Gasteiger partial charge is 0.164 e. The van der Waals surface area contributed by atoms with E-state index in [2.05, 4.69) is 19.2 Å².